The summed E-state index contributed by atoms with van der Waals surface area (Å²) in [5.74, 6) is 0.152. The average Bonchev–Trinajstić information content (AvgIpc) is 3.11. The normalized spacial score (nSPS) is 31.5. The summed E-state index contributed by atoms with van der Waals surface area (Å²) in [6, 6.07) is 8.61. The van der Waals surface area contributed by atoms with Crippen LogP contribution in [0.25, 0.3) is 5.70 Å². The van der Waals surface area contributed by atoms with Gasteiger partial charge >= 0.3 is 0 Å². The van der Waals surface area contributed by atoms with Gasteiger partial charge in [0.1, 0.15) is 0 Å². The summed E-state index contributed by atoms with van der Waals surface area (Å²) >= 11 is 0. The summed E-state index contributed by atoms with van der Waals surface area (Å²) in [6.07, 6.45) is 6.32. The van der Waals surface area contributed by atoms with Crippen LogP contribution in [-0.2, 0) is 10.0 Å². The Labute approximate surface area is 168 Å². The van der Waals surface area contributed by atoms with Gasteiger partial charge in [-0.15, -0.1) is 0 Å². The van der Waals surface area contributed by atoms with Crippen LogP contribution in [0.1, 0.15) is 42.9 Å². The van der Waals surface area contributed by atoms with Crippen molar-refractivity contribution in [2.45, 2.75) is 37.8 Å². The van der Waals surface area contributed by atoms with Gasteiger partial charge in [0.05, 0.1) is 24.1 Å². The van der Waals surface area contributed by atoms with E-state index in [1.807, 2.05) is 13.2 Å². The zero-order chi connectivity index (χ0) is 20.1. The molecule has 0 unspecified atom stereocenters. The molecule has 0 aromatic heterocycles. The molecule has 0 radical (unpaired) electrons. The van der Waals surface area contributed by atoms with E-state index in [4.69, 9.17) is 0 Å². The van der Waals surface area contributed by atoms with Crippen molar-refractivity contribution >= 4 is 15.7 Å². The monoisotopic (exact) mass is 405 g/mol. The number of nitrogens with one attached hydrogen (secondary N) is 1. The molecule has 154 valence electrons. The van der Waals surface area contributed by atoms with Crippen molar-refractivity contribution in [1.82, 2.24) is 14.5 Å². The number of benzene rings is 1. The van der Waals surface area contributed by atoms with Gasteiger partial charge in [-0.05, 0) is 36.7 Å². The third kappa shape index (κ3) is 3.04. The number of hydrogen-bond donors (Lipinski definition) is 2. The van der Waals surface area contributed by atoms with E-state index in [9.17, 15) is 13.5 Å². The van der Waals surface area contributed by atoms with Gasteiger partial charge in [0.2, 0.25) is 10.0 Å². The fourth-order valence-corrected chi connectivity index (χ4v) is 6.57. The summed E-state index contributed by atoms with van der Waals surface area (Å²) in [4.78, 5) is 2.29. The maximum Gasteiger partial charge on any atom is 0.211 e. The Kier molecular flexibility index (Phi) is 4.96. The van der Waals surface area contributed by atoms with Crippen LogP contribution in [0.15, 0.2) is 30.5 Å². The summed E-state index contributed by atoms with van der Waals surface area (Å²) in [5.41, 5.74) is 3.51. The first-order valence-electron chi connectivity index (χ1n) is 10.1. The zero-order valence-corrected chi connectivity index (χ0v) is 17.7. The van der Waals surface area contributed by atoms with Crippen LogP contribution in [0.2, 0.25) is 0 Å². The number of sulfonamides is 1. The Morgan fingerprint density at radius 1 is 1.21 bits per heavy atom. The standard InChI is InChI=1S/C21H31N3O3S/c1-22-14-18-15-6-4-5-7-16(15)19(23(18)2)17-8-9-21(20(17)25)10-12-24(13-11-21)28(3,26)27/h4-7,14,17,19-20,22,25H,8-13H2,1-3H3/b18-14-/t17-,19-,20-/m0/s1. The van der Waals surface area contributed by atoms with Crippen molar-refractivity contribution < 1.29 is 13.5 Å². The summed E-state index contributed by atoms with van der Waals surface area (Å²) < 4.78 is 25.3. The number of aliphatic hydroxyl groups is 1. The van der Waals surface area contributed by atoms with Gasteiger partial charge in [0, 0.05) is 44.9 Å². The predicted octanol–water partition coefficient (Wildman–Crippen LogP) is 2.00. The summed E-state index contributed by atoms with van der Waals surface area (Å²) in [6.45, 7) is 1.04. The van der Waals surface area contributed by atoms with Crippen LogP contribution in [0.3, 0.4) is 0 Å². The number of fused-ring (bicyclic) bond motifs is 1. The number of aliphatic hydroxyl groups excluding tert-OH is 1. The number of piperidine rings is 1. The molecule has 4 rings (SSSR count). The maximum atomic E-state index is 11.9. The molecule has 28 heavy (non-hydrogen) atoms. The highest BCUT2D eigenvalue weighted by molar-refractivity contribution is 7.88. The number of hydrogen-bond acceptors (Lipinski definition) is 5. The third-order valence-corrected chi connectivity index (χ3v) is 8.54. The molecule has 2 aliphatic heterocycles. The van der Waals surface area contributed by atoms with Gasteiger partial charge in [0.25, 0.3) is 0 Å². The largest absolute Gasteiger partial charge is 0.392 e. The Morgan fingerprint density at radius 3 is 2.54 bits per heavy atom. The second kappa shape index (κ2) is 7.04. The molecule has 2 heterocycles. The van der Waals surface area contributed by atoms with Gasteiger partial charge in [-0.3, -0.25) is 0 Å². The van der Waals surface area contributed by atoms with E-state index in [-0.39, 0.29) is 17.4 Å². The molecule has 1 saturated heterocycles. The minimum absolute atomic E-state index is 0.151. The predicted molar refractivity (Wildman–Crippen MR) is 111 cm³/mol. The second-order valence-electron chi connectivity index (χ2n) is 8.63. The van der Waals surface area contributed by atoms with Gasteiger partial charge in [-0.25, -0.2) is 12.7 Å². The van der Waals surface area contributed by atoms with Crippen LogP contribution >= 0.6 is 0 Å². The Morgan fingerprint density at radius 2 is 1.89 bits per heavy atom. The first-order valence-corrected chi connectivity index (χ1v) is 12.0. The van der Waals surface area contributed by atoms with Crippen LogP contribution < -0.4 is 5.32 Å². The molecule has 1 saturated carbocycles. The molecule has 2 fully saturated rings. The molecule has 1 spiro atoms. The molecular formula is C21H31N3O3S. The molecule has 2 N–H and O–H groups in total. The Balaban J connectivity index is 1.59. The molecule has 3 aliphatic rings. The SMILES string of the molecule is CN/C=C1/c2ccccc2[C@@H]([C@@H]2CCC3(CCN(S(C)(=O)=O)CC3)[C@H]2O)N1C. The van der Waals surface area contributed by atoms with E-state index in [2.05, 4.69) is 41.5 Å². The summed E-state index contributed by atoms with van der Waals surface area (Å²) in [5, 5.41) is 14.6. The van der Waals surface area contributed by atoms with Gasteiger partial charge in [-0.1, -0.05) is 24.3 Å². The van der Waals surface area contributed by atoms with E-state index >= 15 is 0 Å². The van der Waals surface area contributed by atoms with Crippen molar-refractivity contribution in [3.05, 3.63) is 41.6 Å². The van der Waals surface area contributed by atoms with E-state index in [1.54, 1.807) is 4.31 Å². The highest BCUT2D eigenvalue weighted by atomic mass is 32.2. The van der Waals surface area contributed by atoms with E-state index in [0.29, 0.717) is 13.1 Å². The average molecular weight is 406 g/mol. The first kappa shape index (κ1) is 19.7. The molecule has 1 aromatic carbocycles. The highest BCUT2D eigenvalue weighted by Crippen LogP contribution is 2.56. The van der Waals surface area contributed by atoms with Crippen LogP contribution in [0, 0.1) is 11.3 Å². The van der Waals surface area contributed by atoms with E-state index in [1.165, 1.54) is 17.4 Å². The topological polar surface area (TPSA) is 72.9 Å². The second-order valence-corrected chi connectivity index (χ2v) is 10.6. The zero-order valence-electron chi connectivity index (χ0n) is 16.9. The van der Waals surface area contributed by atoms with Gasteiger partial charge < -0.3 is 15.3 Å². The lowest BCUT2D eigenvalue weighted by Crippen LogP contribution is -2.47. The lowest BCUT2D eigenvalue weighted by Gasteiger charge is -2.42. The van der Waals surface area contributed by atoms with Crippen LogP contribution in [-0.4, -0.2) is 62.3 Å². The minimum Gasteiger partial charge on any atom is -0.392 e. The molecule has 3 atom stereocenters. The first-order chi connectivity index (χ1) is 13.3. The minimum atomic E-state index is -3.15. The molecule has 0 bridgehead atoms. The van der Waals surface area contributed by atoms with Crippen molar-refractivity contribution in [2.24, 2.45) is 11.3 Å². The van der Waals surface area contributed by atoms with Crippen molar-refractivity contribution in [3.8, 4) is 0 Å². The maximum absolute atomic E-state index is 11.9. The molecular weight excluding hydrogens is 374 g/mol. The fraction of sp³-hybridized carbons (Fsp3) is 0.619. The highest BCUT2D eigenvalue weighted by Gasteiger charge is 2.53. The Bertz CT molecular complexity index is 875. The van der Waals surface area contributed by atoms with Gasteiger partial charge in [0.15, 0.2) is 0 Å². The summed E-state index contributed by atoms with van der Waals surface area (Å²) in [7, 11) is 0.865. The molecule has 1 aromatic rings. The van der Waals surface area contributed by atoms with E-state index in [0.717, 1.165) is 31.4 Å². The van der Waals surface area contributed by atoms with Crippen molar-refractivity contribution in [1.29, 1.82) is 0 Å². The smallest absolute Gasteiger partial charge is 0.211 e. The lowest BCUT2D eigenvalue weighted by molar-refractivity contribution is -0.0213. The lowest BCUT2D eigenvalue weighted by atomic mass is 9.73. The van der Waals surface area contributed by atoms with Crippen LogP contribution in [0.5, 0.6) is 0 Å². The Hall–Kier alpha value is -1.57. The number of nitrogens with zero attached hydrogens (tertiary/aromatic N) is 2. The molecule has 0 amide bonds. The molecule has 6 nitrogen and oxygen atoms in total. The quantitative estimate of drug-likeness (QED) is 0.805. The third-order valence-electron chi connectivity index (χ3n) is 7.23. The molecule has 1 aliphatic carbocycles. The number of rotatable bonds is 3. The van der Waals surface area contributed by atoms with E-state index < -0.39 is 16.1 Å². The van der Waals surface area contributed by atoms with Crippen molar-refractivity contribution in [2.75, 3.05) is 33.4 Å². The van der Waals surface area contributed by atoms with Crippen molar-refractivity contribution in [3.63, 3.8) is 0 Å². The molecule has 7 heteroatoms. The van der Waals surface area contributed by atoms with Gasteiger partial charge in [-0.2, -0.15) is 0 Å². The fourth-order valence-electron chi connectivity index (χ4n) is 5.72. The van der Waals surface area contributed by atoms with Crippen LogP contribution in [0.4, 0.5) is 0 Å².